The average molecular weight is 463 g/mol. The maximum absolute atomic E-state index is 13.4. The van der Waals surface area contributed by atoms with Crippen LogP contribution in [-0.4, -0.2) is 73.7 Å². The number of aromatic amines is 1. The molecule has 1 atom stereocenters. The number of pyridine rings is 2. The van der Waals surface area contributed by atoms with Crippen molar-refractivity contribution in [3.8, 4) is 5.82 Å². The minimum Gasteiger partial charge on any atom is -0.362 e. The van der Waals surface area contributed by atoms with E-state index in [0.717, 1.165) is 24.2 Å². The number of likely N-dealkylation sites (N-methyl/N-ethyl adjacent to an activating group) is 1. The van der Waals surface area contributed by atoms with E-state index in [1.54, 1.807) is 6.07 Å². The zero-order valence-electron chi connectivity index (χ0n) is 19.4. The van der Waals surface area contributed by atoms with Gasteiger partial charge in [-0.3, -0.25) is 19.4 Å². The third-order valence-electron chi connectivity index (χ3n) is 6.17. The number of hydrogen-bond donors (Lipinski definition) is 2. The smallest absolute Gasteiger partial charge is 0.256 e. The van der Waals surface area contributed by atoms with Crippen LogP contribution in [0.15, 0.2) is 42.7 Å². The molecule has 0 radical (unpaired) electrons. The number of amides is 1. The van der Waals surface area contributed by atoms with Crippen LogP contribution in [0.3, 0.4) is 0 Å². The fraction of sp³-hybridized carbons (Fsp3) is 0.333. The van der Waals surface area contributed by atoms with Crippen molar-refractivity contribution in [1.29, 1.82) is 0 Å². The second-order valence-corrected chi connectivity index (χ2v) is 8.75. The summed E-state index contributed by atoms with van der Waals surface area (Å²) in [5, 5.41) is 11.4. The Labute approximate surface area is 196 Å². The van der Waals surface area contributed by atoms with E-state index in [0.29, 0.717) is 41.6 Å². The highest BCUT2D eigenvalue weighted by Crippen LogP contribution is 2.27. The summed E-state index contributed by atoms with van der Waals surface area (Å²) in [6.07, 6.45) is 3.02. The third kappa shape index (κ3) is 4.24. The van der Waals surface area contributed by atoms with Gasteiger partial charge in [0.25, 0.3) is 5.91 Å². The molecule has 10 heteroatoms. The van der Waals surface area contributed by atoms with Crippen LogP contribution in [0.4, 0.5) is 10.2 Å². The molecule has 0 aliphatic carbocycles. The van der Waals surface area contributed by atoms with Gasteiger partial charge >= 0.3 is 0 Å². The largest absolute Gasteiger partial charge is 0.362 e. The molecule has 4 aromatic rings. The van der Waals surface area contributed by atoms with Crippen LogP contribution in [0, 0.1) is 12.7 Å². The Hall–Kier alpha value is -3.79. The number of aromatic nitrogens is 5. The number of carbonyl (C=O) groups excluding carboxylic acids is 1. The monoisotopic (exact) mass is 462 g/mol. The molecule has 1 amide bonds. The van der Waals surface area contributed by atoms with Gasteiger partial charge in [-0.1, -0.05) is 0 Å². The fourth-order valence-corrected chi connectivity index (χ4v) is 4.17. The second kappa shape index (κ2) is 8.86. The average Bonchev–Trinajstić information content (AvgIpc) is 3.42. The first-order valence-electron chi connectivity index (χ1n) is 11.3. The Morgan fingerprint density at radius 3 is 2.65 bits per heavy atom. The summed E-state index contributed by atoms with van der Waals surface area (Å²) in [5.74, 6) is 0.907. The summed E-state index contributed by atoms with van der Waals surface area (Å²) >= 11 is 0. The Bertz CT molecular complexity index is 1320. The Morgan fingerprint density at radius 1 is 1.18 bits per heavy atom. The lowest BCUT2D eigenvalue weighted by Gasteiger charge is -2.32. The third-order valence-corrected chi connectivity index (χ3v) is 6.17. The number of anilines is 1. The van der Waals surface area contributed by atoms with Gasteiger partial charge in [-0.15, -0.1) is 0 Å². The predicted octanol–water partition coefficient (Wildman–Crippen LogP) is 3.15. The number of fused-ring (bicyclic) bond motifs is 1. The zero-order valence-corrected chi connectivity index (χ0v) is 19.4. The van der Waals surface area contributed by atoms with Crippen LogP contribution >= 0.6 is 0 Å². The molecular formula is C24H27FN8O. The van der Waals surface area contributed by atoms with Gasteiger partial charge in [-0.05, 0) is 45.2 Å². The molecule has 1 fully saturated rings. The number of rotatable bonds is 5. The fourth-order valence-electron chi connectivity index (χ4n) is 4.17. The number of hydrogen-bond acceptors (Lipinski definition) is 6. The summed E-state index contributed by atoms with van der Waals surface area (Å²) in [7, 11) is 2.06. The minimum absolute atomic E-state index is 0.00417. The molecule has 4 aromatic heterocycles. The zero-order chi connectivity index (χ0) is 23.8. The molecule has 0 unspecified atom stereocenters. The molecular weight excluding hydrogens is 435 g/mol. The van der Waals surface area contributed by atoms with Gasteiger partial charge in [-0.25, -0.2) is 9.37 Å². The molecule has 176 valence electrons. The van der Waals surface area contributed by atoms with Crippen molar-refractivity contribution < 1.29 is 9.18 Å². The van der Waals surface area contributed by atoms with Crippen molar-refractivity contribution in [2.75, 3.05) is 38.5 Å². The first-order valence-corrected chi connectivity index (χ1v) is 11.3. The highest BCUT2D eigenvalue weighted by atomic mass is 19.1. The highest BCUT2D eigenvalue weighted by molar-refractivity contribution is 6.06. The summed E-state index contributed by atoms with van der Waals surface area (Å²) in [5.41, 5.74) is 2.85. The molecule has 9 nitrogen and oxygen atoms in total. The van der Waals surface area contributed by atoms with E-state index in [2.05, 4.69) is 32.4 Å². The lowest BCUT2D eigenvalue weighted by atomic mass is 10.1. The summed E-state index contributed by atoms with van der Waals surface area (Å²) in [4.78, 5) is 26.5. The normalized spacial score (nSPS) is 15.6. The molecule has 1 aliphatic heterocycles. The molecule has 5 heterocycles. The molecule has 1 aliphatic rings. The van der Waals surface area contributed by atoms with Gasteiger partial charge in [-0.2, -0.15) is 5.10 Å². The highest BCUT2D eigenvalue weighted by Gasteiger charge is 2.25. The lowest BCUT2D eigenvalue weighted by molar-refractivity contribution is 0.0666. The van der Waals surface area contributed by atoms with Crippen LogP contribution in [0.1, 0.15) is 34.7 Å². The van der Waals surface area contributed by atoms with Gasteiger partial charge in [0.15, 0.2) is 5.82 Å². The Kier molecular flexibility index (Phi) is 5.74. The first-order chi connectivity index (χ1) is 16.4. The van der Waals surface area contributed by atoms with Gasteiger partial charge in [0.1, 0.15) is 17.3 Å². The van der Waals surface area contributed by atoms with E-state index in [1.165, 1.54) is 12.3 Å². The number of carbonyl (C=O) groups is 1. The van der Waals surface area contributed by atoms with E-state index in [1.807, 2.05) is 47.7 Å². The van der Waals surface area contributed by atoms with Crippen molar-refractivity contribution in [2.45, 2.75) is 19.9 Å². The van der Waals surface area contributed by atoms with Gasteiger partial charge < -0.3 is 15.1 Å². The maximum atomic E-state index is 13.4. The number of piperazine rings is 1. The van der Waals surface area contributed by atoms with Gasteiger partial charge in [0.05, 0.1) is 23.5 Å². The maximum Gasteiger partial charge on any atom is 0.256 e. The van der Waals surface area contributed by atoms with Crippen molar-refractivity contribution in [2.24, 2.45) is 0 Å². The van der Waals surface area contributed by atoms with Crippen LogP contribution < -0.4 is 5.32 Å². The van der Waals surface area contributed by atoms with E-state index in [4.69, 9.17) is 4.98 Å². The summed E-state index contributed by atoms with van der Waals surface area (Å²) in [6, 6.07) is 8.52. The molecule has 2 N–H and O–H groups in total. The topological polar surface area (TPSA) is 95.0 Å². The van der Waals surface area contributed by atoms with Gasteiger partial charge in [0, 0.05) is 49.5 Å². The summed E-state index contributed by atoms with van der Waals surface area (Å²) in [6.45, 7) is 6.95. The standard InChI is InChI=1S/C24H27FN8O/c1-15-12-22(30-29-15)33-14-19(24(34)32-10-8-31(3)9-11-32)18-5-7-21(28-23(18)33)27-16(2)20-6-4-17(25)13-26-20/h4-7,12-14,16H,8-11H2,1-3H3,(H,27,28)(H,29,30)/t16-/m0/s1. The van der Waals surface area contributed by atoms with E-state index in [9.17, 15) is 9.18 Å². The minimum atomic E-state index is -0.375. The molecule has 0 bridgehead atoms. The molecule has 0 saturated carbocycles. The van der Waals surface area contributed by atoms with E-state index < -0.39 is 0 Å². The van der Waals surface area contributed by atoms with E-state index >= 15 is 0 Å². The molecule has 0 aromatic carbocycles. The molecule has 1 saturated heterocycles. The first kappa shape index (κ1) is 22.0. The summed E-state index contributed by atoms with van der Waals surface area (Å²) < 4.78 is 15.1. The van der Waals surface area contributed by atoms with Crippen molar-refractivity contribution in [1.82, 2.24) is 34.5 Å². The quantitative estimate of drug-likeness (QED) is 0.473. The number of nitrogens with zero attached hydrogens (tertiary/aromatic N) is 6. The SMILES string of the molecule is Cc1cc(-n2cc(C(=O)N3CCN(C)CC3)c3ccc(N[C@@H](C)c4ccc(F)cn4)nc32)n[nH]1. The van der Waals surface area contributed by atoms with Crippen LogP contribution in [0.2, 0.25) is 0 Å². The lowest BCUT2D eigenvalue weighted by Crippen LogP contribution is -2.47. The number of nitrogens with one attached hydrogen (secondary N) is 2. The van der Waals surface area contributed by atoms with Crippen LogP contribution in [0.5, 0.6) is 0 Å². The van der Waals surface area contributed by atoms with Crippen molar-refractivity contribution in [3.63, 3.8) is 0 Å². The molecule has 34 heavy (non-hydrogen) atoms. The Balaban J connectivity index is 1.51. The number of aryl methyl sites for hydroxylation is 1. The number of halogens is 1. The van der Waals surface area contributed by atoms with E-state index in [-0.39, 0.29) is 17.8 Å². The number of H-pyrrole nitrogens is 1. The van der Waals surface area contributed by atoms with Crippen molar-refractivity contribution >= 4 is 22.8 Å². The molecule has 5 rings (SSSR count). The second-order valence-electron chi connectivity index (χ2n) is 8.75. The molecule has 0 spiro atoms. The van der Waals surface area contributed by atoms with Crippen LogP contribution in [-0.2, 0) is 0 Å². The van der Waals surface area contributed by atoms with Crippen LogP contribution in [0.25, 0.3) is 16.9 Å². The van der Waals surface area contributed by atoms with Crippen molar-refractivity contribution in [3.05, 3.63) is 65.5 Å². The van der Waals surface area contributed by atoms with Gasteiger partial charge in [0.2, 0.25) is 0 Å². The predicted molar refractivity (Wildman–Crippen MR) is 128 cm³/mol. The Morgan fingerprint density at radius 2 is 1.97 bits per heavy atom.